The van der Waals surface area contributed by atoms with Gasteiger partial charge in [-0.05, 0) is 44.0 Å². The molecule has 2 rings (SSSR count). The number of nitrogens with zero attached hydrogens (tertiary/aromatic N) is 2. The van der Waals surface area contributed by atoms with Gasteiger partial charge in [-0.2, -0.15) is 0 Å². The lowest BCUT2D eigenvalue weighted by Crippen LogP contribution is -2.14. The molecule has 0 aliphatic heterocycles. The Morgan fingerprint density at radius 2 is 2.17 bits per heavy atom. The number of aromatic nitrogens is 2. The summed E-state index contributed by atoms with van der Waals surface area (Å²) in [6, 6.07) is 6.71. The van der Waals surface area contributed by atoms with Crippen molar-refractivity contribution in [3.63, 3.8) is 0 Å². The van der Waals surface area contributed by atoms with Crippen molar-refractivity contribution in [1.82, 2.24) is 9.55 Å². The second-order valence-corrected chi connectivity index (χ2v) is 5.46. The number of benzene rings is 1. The van der Waals surface area contributed by atoms with Gasteiger partial charge in [0.25, 0.3) is 0 Å². The number of aryl methyl sites for hydroxylation is 1. The van der Waals surface area contributed by atoms with Crippen LogP contribution >= 0.6 is 15.9 Å². The third-order valence-electron chi connectivity index (χ3n) is 2.74. The third-order valence-corrected chi connectivity index (χ3v) is 3.23. The minimum Gasteiger partial charge on any atom is -0.353 e. The van der Waals surface area contributed by atoms with E-state index in [1.807, 2.05) is 12.4 Å². The molecule has 0 bridgehead atoms. The molecule has 96 valence electrons. The van der Waals surface area contributed by atoms with Crippen LogP contribution in [0.25, 0.3) is 5.69 Å². The molecule has 0 radical (unpaired) electrons. The fraction of sp³-hybridized carbons (Fsp3) is 0.357. The van der Waals surface area contributed by atoms with E-state index in [1.165, 1.54) is 11.3 Å². The van der Waals surface area contributed by atoms with Crippen LogP contribution in [-0.4, -0.2) is 15.6 Å². The van der Waals surface area contributed by atoms with Crippen molar-refractivity contribution in [2.24, 2.45) is 0 Å². The summed E-state index contributed by atoms with van der Waals surface area (Å²) in [5.41, 5.74) is 2.48. The highest BCUT2D eigenvalue weighted by Crippen LogP contribution is 2.23. The van der Waals surface area contributed by atoms with Crippen LogP contribution < -0.4 is 5.32 Å². The largest absolute Gasteiger partial charge is 0.353 e. The van der Waals surface area contributed by atoms with Crippen molar-refractivity contribution < 1.29 is 0 Å². The minimum atomic E-state index is 0.367. The van der Waals surface area contributed by atoms with E-state index in [4.69, 9.17) is 0 Å². The number of hydrogen-bond donors (Lipinski definition) is 1. The molecule has 3 nitrogen and oxygen atoms in total. The Morgan fingerprint density at radius 3 is 2.83 bits per heavy atom. The Morgan fingerprint density at radius 1 is 1.39 bits per heavy atom. The van der Waals surface area contributed by atoms with Crippen LogP contribution in [0.3, 0.4) is 0 Å². The maximum absolute atomic E-state index is 4.37. The summed E-state index contributed by atoms with van der Waals surface area (Å²) < 4.78 is 3.22. The standard InChI is InChI=1S/C14H18BrN3/c1-4-11-9-12(15)5-6-13(11)18-8-7-16-14(18)17-10(2)3/h5-10H,4H2,1-3H3,(H,16,17). The number of rotatable bonds is 4. The highest BCUT2D eigenvalue weighted by molar-refractivity contribution is 9.10. The first kappa shape index (κ1) is 13.1. The molecule has 1 aromatic carbocycles. The molecular weight excluding hydrogens is 290 g/mol. The van der Waals surface area contributed by atoms with E-state index in [-0.39, 0.29) is 0 Å². The first-order valence-corrected chi connectivity index (χ1v) is 6.99. The minimum absolute atomic E-state index is 0.367. The van der Waals surface area contributed by atoms with Crippen LogP contribution in [0.2, 0.25) is 0 Å². The Balaban J connectivity index is 2.45. The van der Waals surface area contributed by atoms with E-state index in [1.54, 1.807) is 0 Å². The molecule has 0 spiro atoms. The first-order chi connectivity index (χ1) is 8.61. The second-order valence-electron chi connectivity index (χ2n) is 4.55. The maximum Gasteiger partial charge on any atom is 0.207 e. The van der Waals surface area contributed by atoms with Gasteiger partial charge in [0.15, 0.2) is 0 Å². The Labute approximate surface area is 116 Å². The lowest BCUT2D eigenvalue weighted by molar-refractivity contribution is 0.861. The number of nitrogens with one attached hydrogen (secondary N) is 1. The zero-order valence-corrected chi connectivity index (χ0v) is 12.5. The second kappa shape index (κ2) is 5.57. The molecular formula is C14H18BrN3. The Bertz CT molecular complexity index is 532. The molecule has 0 aliphatic carbocycles. The average Bonchev–Trinajstić information content (AvgIpc) is 2.76. The Kier molecular flexibility index (Phi) is 4.07. The SMILES string of the molecule is CCc1cc(Br)ccc1-n1ccnc1NC(C)C. The van der Waals surface area contributed by atoms with Gasteiger partial charge in [-0.3, -0.25) is 4.57 Å². The van der Waals surface area contributed by atoms with Gasteiger partial charge in [0.05, 0.1) is 5.69 Å². The zero-order valence-electron chi connectivity index (χ0n) is 10.9. The van der Waals surface area contributed by atoms with E-state index in [0.717, 1.165) is 16.8 Å². The van der Waals surface area contributed by atoms with Crippen molar-refractivity contribution in [2.45, 2.75) is 33.2 Å². The summed E-state index contributed by atoms with van der Waals surface area (Å²) in [6.45, 7) is 6.39. The summed E-state index contributed by atoms with van der Waals surface area (Å²) in [6.07, 6.45) is 4.81. The molecule has 18 heavy (non-hydrogen) atoms. The number of imidazole rings is 1. The number of anilines is 1. The third kappa shape index (κ3) is 2.75. The highest BCUT2D eigenvalue weighted by atomic mass is 79.9. The fourth-order valence-electron chi connectivity index (χ4n) is 1.94. The topological polar surface area (TPSA) is 29.9 Å². The van der Waals surface area contributed by atoms with Crippen LogP contribution in [0.4, 0.5) is 5.95 Å². The maximum atomic E-state index is 4.37. The molecule has 0 atom stereocenters. The van der Waals surface area contributed by atoms with Gasteiger partial charge in [0, 0.05) is 22.9 Å². The lowest BCUT2D eigenvalue weighted by Gasteiger charge is -2.15. The molecule has 1 aromatic heterocycles. The van der Waals surface area contributed by atoms with Gasteiger partial charge in [0.1, 0.15) is 0 Å². The number of hydrogen-bond acceptors (Lipinski definition) is 2. The molecule has 2 aromatic rings. The average molecular weight is 308 g/mol. The molecule has 1 heterocycles. The lowest BCUT2D eigenvalue weighted by atomic mass is 10.1. The van der Waals surface area contributed by atoms with Gasteiger partial charge < -0.3 is 5.32 Å². The summed E-state index contributed by atoms with van der Waals surface area (Å²) >= 11 is 3.52. The monoisotopic (exact) mass is 307 g/mol. The predicted octanol–water partition coefficient (Wildman–Crippen LogP) is 4.02. The zero-order chi connectivity index (χ0) is 13.1. The van der Waals surface area contributed by atoms with Crippen molar-refractivity contribution in [2.75, 3.05) is 5.32 Å². The summed E-state index contributed by atoms with van der Waals surface area (Å²) in [5.74, 6) is 0.891. The first-order valence-electron chi connectivity index (χ1n) is 6.20. The molecule has 0 amide bonds. The predicted molar refractivity (Wildman–Crippen MR) is 79.4 cm³/mol. The molecule has 1 N–H and O–H groups in total. The molecule has 0 saturated carbocycles. The van der Waals surface area contributed by atoms with Gasteiger partial charge in [-0.25, -0.2) is 4.98 Å². The quantitative estimate of drug-likeness (QED) is 0.924. The normalized spacial score (nSPS) is 10.9. The number of halogens is 1. The van der Waals surface area contributed by atoms with Crippen LogP contribution in [0.15, 0.2) is 35.1 Å². The highest BCUT2D eigenvalue weighted by Gasteiger charge is 2.09. The summed E-state index contributed by atoms with van der Waals surface area (Å²) in [5, 5.41) is 3.36. The van der Waals surface area contributed by atoms with Crippen molar-refractivity contribution >= 4 is 21.9 Å². The van der Waals surface area contributed by atoms with Crippen molar-refractivity contribution in [1.29, 1.82) is 0 Å². The van der Waals surface area contributed by atoms with Crippen LogP contribution in [-0.2, 0) is 6.42 Å². The van der Waals surface area contributed by atoms with Crippen molar-refractivity contribution in [3.05, 3.63) is 40.6 Å². The molecule has 0 unspecified atom stereocenters. The van der Waals surface area contributed by atoms with E-state index in [2.05, 4.69) is 69.8 Å². The van der Waals surface area contributed by atoms with Gasteiger partial charge in [0.2, 0.25) is 5.95 Å². The van der Waals surface area contributed by atoms with Gasteiger partial charge >= 0.3 is 0 Å². The summed E-state index contributed by atoms with van der Waals surface area (Å²) in [4.78, 5) is 4.37. The van der Waals surface area contributed by atoms with Crippen LogP contribution in [0.5, 0.6) is 0 Å². The van der Waals surface area contributed by atoms with E-state index < -0.39 is 0 Å². The fourth-order valence-corrected chi connectivity index (χ4v) is 2.34. The van der Waals surface area contributed by atoms with E-state index in [0.29, 0.717) is 6.04 Å². The molecule has 0 saturated heterocycles. The van der Waals surface area contributed by atoms with E-state index in [9.17, 15) is 0 Å². The van der Waals surface area contributed by atoms with Gasteiger partial charge in [-0.1, -0.05) is 22.9 Å². The van der Waals surface area contributed by atoms with E-state index >= 15 is 0 Å². The molecule has 0 fully saturated rings. The molecule has 4 heteroatoms. The molecule has 0 aliphatic rings. The smallest absolute Gasteiger partial charge is 0.207 e. The summed E-state index contributed by atoms with van der Waals surface area (Å²) in [7, 11) is 0. The van der Waals surface area contributed by atoms with Crippen LogP contribution in [0.1, 0.15) is 26.3 Å². The van der Waals surface area contributed by atoms with Crippen molar-refractivity contribution in [3.8, 4) is 5.69 Å². The Hall–Kier alpha value is -1.29. The van der Waals surface area contributed by atoms with Crippen LogP contribution in [0, 0.1) is 0 Å². The van der Waals surface area contributed by atoms with Gasteiger partial charge in [-0.15, -0.1) is 0 Å².